The van der Waals surface area contributed by atoms with Crippen molar-refractivity contribution in [1.82, 2.24) is 14.5 Å². The lowest BCUT2D eigenvalue weighted by Gasteiger charge is -2.31. The normalized spacial score (nSPS) is 21.6. The summed E-state index contributed by atoms with van der Waals surface area (Å²) in [6.45, 7) is 2.80. The molecule has 0 aromatic carbocycles. The molecule has 1 unspecified atom stereocenters. The van der Waals surface area contributed by atoms with E-state index < -0.39 is 5.97 Å². The van der Waals surface area contributed by atoms with Gasteiger partial charge in [-0.2, -0.15) is 0 Å². The molecule has 1 aromatic heterocycles. The lowest BCUT2D eigenvalue weighted by Crippen LogP contribution is -2.43. The highest BCUT2D eigenvalue weighted by molar-refractivity contribution is 5.67. The van der Waals surface area contributed by atoms with Crippen LogP contribution in [0.4, 0.5) is 0 Å². The smallest absolute Gasteiger partial charge is 0.306 e. The van der Waals surface area contributed by atoms with Crippen LogP contribution in [0.2, 0.25) is 0 Å². The minimum absolute atomic E-state index is 0.0665. The number of carboxylic acid groups (broad SMARTS) is 1. The zero-order valence-corrected chi connectivity index (χ0v) is 9.87. The van der Waals surface area contributed by atoms with Gasteiger partial charge in [0.1, 0.15) is 5.82 Å². The molecule has 0 radical (unpaired) electrons. The number of rotatable bonds is 4. The van der Waals surface area contributed by atoms with Gasteiger partial charge in [0.25, 0.3) is 0 Å². The van der Waals surface area contributed by atoms with E-state index in [-0.39, 0.29) is 12.5 Å². The molecule has 1 N–H and O–H groups in total. The largest absolute Gasteiger partial charge is 0.481 e. The molecule has 6 nitrogen and oxygen atoms in total. The number of carbonyl (C=O) groups is 1. The molecule has 1 aliphatic rings. The Hall–Kier alpha value is -1.40. The predicted octanol–water partition coefficient (Wildman–Crippen LogP) is 0.0956. The maximum atomic E-state index is 10.6. The monoisotopic (exact) mass is 239 g/mol. The number of carboxylic acids is 1. The van der Waals surface area contributed by atoms with Gasteiger partial charge < -0.3 is 14.4 Å². The van der Waals surface area contributed by atoms with Crippen LogP contribution >= 0.6 is 0 Å². The van der Waals surface area contributed by atoms with Crippen molar-refractivity contribution in [2.75, 3.05) is 19.7 Å². The highest BCUT2D eigenvalue weighted by atomic mass is 16.5. The molecule has 1 atom stereocenters. The molecule has 1 aromatic rings. The summed E-state index contributed by atoms with van der Waals surface area (Å²) in [6, 6.07) is 0. The van der Waals surface area contributed by atoms with E-state index in [1.54, 1.807) is 6.20 Å². The molecule has 0 bridgehead atoms. The number of hydrogen-bond donors (Lipinski definition) is 1. The van der Waals surface area contributed by atoms with Gasteiger partial charge in [-0.15, -0.1) is 0 Å². The number of morpholine rings is 1. The van der Waals surface area contributed by atoms with E-state index in [9.17, 15) is 4.79 Å². The van der Waals surface area contributed by atoms with Crippen LogP contribution in [-0.4, -0.2) is 51.3 Å². The molecule has 17 heavy (non-hydrogen) atoms. The fourth-order valence-corrected chi connectivity index (χ4v) is 1.99. The molecule has 0 spiro atoms. The minimum atomic E-state index is -0.811. The van der Waals surface area contributed by atoms with Crippen LogP contribution in [0, 0.1) is 0 Å². The maximum absolute atomic E-state index is 10.6. The number of aliphatic carboxylic acids is 1. The van der Waals surface area contributed by atoms with Gasteiger partial charge in [0.15, 0.2) is 0 Å². The van der Waals surface area contributed by atoms with Crippen molar-refractivity contribution in [1.29, 1.82) is 0 Å². The van der Waals surface area contributed by atoms with Gasteiger partial charge in [-0.3, -0.25) is 9.69 Å². The van der Waals surface area contributed by atoms with Crippen LogP contribution < -0.4 is 0 Å². The van der Waals surface area contributed by atoms with Crippen molar-refractivity contribution in [2.24, 2.45) is 7.05 Å². The second kappa shape index (κ2) is 5.29. The second-order valence-corrected chi connectivity index (χ2v) is 4.28. The van der Waals surface area contributed by atoms with E-state index in [0.29, 0.717) is 13.2 Å². The summed E-state index contributed by atoms with van der Waals surface area (Å²) in [4.78, 5) is 17.1. The third-order valence-electron chi connectivity index (χ3n) is 2.91. The van der Waals surface area contributed by atoms with E-state index in [0.717, 1.165) is 18.9 Å². The zero-order chi connectivity index (χ0) is 12.3. The number of hydrogen-bond acceptors (Lipinski definition) is 4. The number of imidazole rings is 1. The average Bonchev–Trinajstić information content (AvgIpc) is 2.64. The lowest BCUT2D eigenvalue weighted by atomic mass is 10.2. The van der Waals surface area contributed by atoms with Crippen molar-refractivity contribution in [3.63, 3.8) is 0 Å². The van der Waals surface area contributed by atoms with Crippen molar-refractivity contribution >= 4 is 5.97 Å². The Kier molecular flexibility index (Phi) is 3.75. The van der Waals surface area contributed by atoms with E-state index in [4.69, 9.17) is 9.84 Å². The first-order valence-electron chi connectivity index (χ1n) is 5.67. The Balaban J connectivity index is 1.89. The fraction of sp³-hybridized carbons (Fsp3) is 0.636. The van der Waals surface area contributed by atoms with Gasteiger partial charge in [-0.05, 0) is 0 Å². The van der Waals surface area contributed by atoms with Gasteiger partial charge in [0.05, 0.1) is 25.7 Å². The van der Waals surface area contributed by atoms with Crippen molar-refractivity contribution in [2.45, 2.75) is 19.1 Å². The van der Waals surface area contributed by atoms with Crippen LogP contribution in [-0.2, 0) is 23.1 Å². The highest BCUT2D eigenvalue weighted by Gasteiger charge is 2.23. The molecule has 94 valence electrons. The molecular weight excluding hydrogens is 222 g/mol. The maximum Gasteiger partial charge on any atom is 0.306 e. The fourth-order valence-electron chi connectivity index (χ4n) is 1.99. The molecule has 2 rings (SSSR count). The third-order valence-corrected chi connectivity index (χ3v) is 2.91. The van der Waals surface area contributed by atoms with Gasteiger partial charge in [0, 0.05) is 32.5 Å². The van der Waals surface area contributed by atoms with Crippen molar-refractivity contribution < 1.29 is 14.6 Å². The summed E-state index contributed by atoms with van der Waals surface area (Å²) in [7, 11) is 1.96. The van der Waals surface area contributed by atoms with Gasteiger partial charge in [-0.25, -0.2) is 4.98 Å². The first-order valence-corrected chi connectivity index (χ1v) is 5.67. The molecule has 1 aliphatic heterocycles. The quantitative estimate of drug-likeness (QED) is 0.807. The Morgan fingerprint density at radius 1 is 1.71 bits per heavy atom. The van der Waals surface area contributed by atoms with Crippen molar-refractivity contribution in [3.8, 4) is 0 Å². The Morgan fingerprint density at radius 3 is 3.18 bits per heavy atom. The Morgan fingerprint density at radius 2 is 2.53 bits per heavy atom. The molecule has 1 saturated heterocycles. The average molecular weight is 239 g/mol. The highest BCUT2D eigenvalue weighted by Crippen LogP contribution is 2.11. The number of aryl methyl sites for hydroxylation is 1. The third kappa shape index (κ3) is 3.28. The minimum Gasteiger partial charge on any atom is -0.481 e. The Labute approximate surface area is 99.8 Å². The van der Waals surface area contributed by atoms with Crippen LogP contribution in [0.3, 0.4) is 0 Å². The zero-order valence-electron chi connectivity index (χ0n) is 9.87. The van der Waals surface area contributed by atoms with Crippen LogP contribution in [0.15, 0.2) is 12.4 Å². The van der Waals surface area contributed by atoms with Crippen LogP contribution in [0.1, 0.15) is 12.2 Å². The first-order chi connectivity index (χ1) is 8.15. The summed E-state index contributed by atoms with van der Waals surface area (Å²) in [5.74, 6) is 0.176. The van der Waals surface area contributed by atoms with Gasteiger partial charge in [0.2, 0.25) is 0 Å². The van der Waals surface area contributed by atoms with Gasteiger partial charge >= 0.3 is 5.97 Å². The first kappa shape index (κ1) is 12.1. The Bertz CT molecular complexity index is 391. The topological polar surface area (TPSA) is 67.6 Å². The second-order valence-electron chi connectivity index (χ2n) is 4.28. The SMILES string of the molecule is Cn1ccnc1CN1CCOC(CC(=O)O)C1. The molecular formula is C11H17N3O3. The lowest BCUT2D eigenvalue weighted by molar-refractivity contribution is -0.142. The van der Waals surface area contributed by atoms with E-state index in [1.165, 1.54) is 0 Å². The number of nitrogens with zero attached hydrogens (tertiary/aromatic N) is 3. The standard InChI is InChI=1S/C11H17N3O3/c1-13-3-2-12-10(13)8-14-4-5-17-9(7-14)6-11(15)16/h2-3,9H,4-8H2,1H3,(H,15,16). The summed E-state index contributed by atoms with van der Waals surface area (Å²) >= 11 is 0. The van der Waals surface area contributed by atoms with E-state index in [1.807, 2.05) is 17.8 Å². The van der Waals surface area contributed by atoms with Crippen LogP contribution in [0.25, 0.3) is 0 Å². The number of ether oxygens (including phenoxy) is 1. The van der Waals surface area contributed by atoms with E-state index >= 15 is 0 Å². The molecule has 2 heterocycles. The molecule has 0 amide bonds. The predicted molar refractivity (Wildman–Crippen MR) is 60.5 cm³/mol. The molecule has 0 aliphatic carbocycles. The molecule has 0 saturated carbocycles. The summed E-state index contributed by atoms with van der Waals surface area (Å²) < 4.78 is 7.39. The van der Waals surface area contributed by atoms with Gasteiger partial charge in [-0.1, -0.05) is 0 Å². The molecule has 6 heteroatoms. The number of aromatic nitrogens is 2. The summed E-state index contributed by atoms with van der Waals surface area (Å²) in [5, 5.41) is 8.74. The van der Waals surface area contributed by atoms with Crippen LogP contribution in [0.5, 0.6) is 0 Å². The van der Waals surface area contributed by atoms with E-state index in [2.05, 4.69) is 9.88 Å². The summed E-state index contributed by atoms with van der Waals surface area (Å²) in [5.41, 5.74) is 0. The molecule has 1 fully saturated rings. The van der Waals surface area contributed by atoms with Crippen molar-refractivity contribution in [3.05, 3.63) is 18.2 Å². The summed E-state index contributed by atoms with van der Waals surface area (Å²) in [6.07, 6.45) is 3.54.